The minimum atomic E-state index is 0.667. The van der Waals surface area contributed by atoms with Crippen molar-refractivity contribution in [3.8, 4) is 0 Å². The first-order valence-electron chi connectivity index (χ1n) is 4.27. The molecule has 0 aliphatic carbocycles. The van der Waals surface area contributed by atoms with Gasteiger partial charge in [-0.25, -0.2) is 0 Å². The van der Waals surface area contributed by atoms with E-state index in [1.165, 1.54) is 0 Å². The fourth-order valence-electron chi connectivity index (χ4n) is 1.04. The van der Waals surface area contributed by atoms with E-state index in [1.807, 2.05) is 7.05 Å². The molecule has 0 radical (unpaired) electrons. The molecule has 0 amide bonds. The van der Waals surface area contributed by atoms with Gasteiger partial charge in [0.1, 0.15) is 0 Å². The lowest BCUT2D eigenvalue weighted by atomic mass is 10.2. The van der Waals surface area contributed by atoms with E-state index in [1.54, 1.807) is 0 Å². The molecule has 3 heteroatoms. The molecule has 0 rings (SSSR count). The van der Waals surface area contributed by atoms with Crippen LogP contribution in [0, 0.1) is 5.92 Å². The van der Waals surface area contributed by atoms with E-state index in [0.717, 1.165) is 19.6 Å². The summed E-state index contributed by atoms with van der Waals surface area (Å²) in [5.41, 5.74) is 5.56. The highest BCUT2D eigenvalue weighted by Crippen LogP contribution is 1.95. The highest BCUT2D eigenvalue weighted by atomic mass is 15.2. The van der Waals surface area contributed by atoms with Crippen molar-refractivity contribution in [1.82, 2.24) is 10.2 Å². The second-order valence-electron chi connectivity index (χ2n) is 3.26. The Morgan fingerprint density at radius 3 is 2.45 bits per heavy atom. The lowest BCUT2D eigenvalue weighted by molar-refractivity contribution is 0.252. The van der Waals surface area contributed by atoms with Crippen LogP contribution in [-0.2, 0) is 0 Å². The quantitative estimate of drug-likeness (QED) is 0.539. The third kappa shape index (κ3) is 6.28. The molecule has 0 atom stereocenters. The maximum atomic E-state index is 5.56. The van der Waals surface area contributed by atoms with Crippen molar-refractivity contribution in [2.24, 2.45) is 11.7 Å². The third-order valence-electron chi connectivity index (χ3n) is 1.56. The molecule has 68 valence electrons. The van der Waals surface area contributed by atoms with Gasteiger partial charge in [0.2, 0.25) is 0 Å². The van der Waals surface area contributed by atoms with Gasteiger partial charge in [0.15, 0.2) is 0 Å². The average molecular weight is 159 g/mol. The number of rotatable bonds is 6. The molecule has 0 aromatic carbocycles. The summed E-state index contributed by atoms with van der Waals surface area (Å²) < 4.78 is 0. The van der Waals surface area contributed by atoms with E-state index in [-0.39, 0.29) is 0 Å². The van der Waals surface area contributed by atoms with Gasteiger partial charge in [-0.05, 0) is 13.0 Å². The zero-order valence-electron chi connectivity index (χ0n) is 7.93. The van der Waals surface area contributed by atoms with E-state index in [4.69, 9.17) is 5.73 Å². The van der Waals surface area contributed by atoms with Gasteiger partial charge in [0.05, 0.1) is 0 Å². The molecule has 0 heterocycles. The van der Waals surface area contributed by atoms with E-state index in [2.05, 4.69) is 24.1 Å². The Labute approximate surface area is 69.9 Å². The van der Waals surface area contributed by atoms with Crippen molar-refractivity contribution < 1.29 is 0 Å². The minimum absolute atomic E-state index is 0.667. The molecule has 3 N–H and O–H groups in total. The van der Waals surface area contributed by atoms with Crippen LogP contribution in [0.2, 0.25) is 0 Å². The summed E-state index contributed by atoms with van der Waals surface area (Å²) in [7, 11) is 1.96. The average Bonchev–Trinajstić information content (AvgIpc) is 1.97. The van der Waals surface area contributed by atoms with Gasteiger partial charge >= 0.3 is 0 Å². The molecule has 0 aliphatic heterocycles. The fourth-order valence-corrected chi connectivity index (χ4v) is 1.04. The van der Waals surface area contributed by atoms with Crippen LogP contribution >= 0.6 is 0 Å². The van der Waals surface area contributed by atoms with Crippen LogP contribution in [-0.4, -0.2) is 38.3 Å². The van der Waals surface area contributed by atoms with Crippen LogP contribution in [0.4, 0.5) is 0 Å². The van der Waals surface area contributed by atoms with E-state index < -0.39 is 0 Å². The van der Waals surface area contributed by atoms with E-state index >= 15 is 0 Å². The molecule has 0 saturated carbocycles. The minimum Gasteiger partial charge on any atom is -0.318 e. The predicted octanol–water partition coefficient (Wildman–Crippen LogP) is 0.0800. The van der Waals surface area contributed by atoms with Crippen molar-refractivity contribution in [1.29, 1.82) is 0 Å². The van der Waals surface area contributed by atoms with Gasteiger partial charge in [0, 0.05) is 26.3 Å². The SMILES string of the molecule is CNCCN(CN)CC(C)C. The molecular weight excluding hydrogens is 138 g/mol. The summed E-state index contributed by atoms with van der Waals surface area (Å²) in [4.78, 5) is 2.25. The number of nitrogens with one attached hydrogen (secondary N) is 1. The maximum absolute atomic E-state index is 5.56. The Kier molecular flexibility index (Phi) is 6.51. The second-order valence-corrected chi connectivity index (χ2v) is 3.26. The highest BCUT2D eigenvalue weighted by Gasteiger charge is 2.02. The van der Waals surface area contributed by atoms with Crippen LogP contribution in [0.25, 0.3) is 0 Å². The smallest absolute Gasteiger partial charge is 0.0455 e. The highest BCUT2D eigenvalue weighted by molar-refractivity contribution is 4.58. The van der Waals surface area contributed by atoms with E-state index in [9.17, 15) is 0 Å². The number of hydrogen-bond donors (Lipinski definition) is 2. The Balaban J connectivity index is 3.41. The molecule has 0 fully saturated rings. The fraction of sp³-hybridized carbons (Fsp3) is 1.00. The Bertz CT molecular complexity index is 83.4. The molecule has 3 nitrogen and oxygen atoms in total. The normalized spacial score (nSPS) is 11.5. The molecule has 0 aliphatic rings. The molecular formula is C8H21N3. The molecule has 0 spiro atoms. The topological polar surface area (TPSA) is 41.3 Å². The van der Waals surface area contributed by atoms with Crippen LogP contribution < -0.4 is 11.1 Å². The largest absolute Gasteiger partial charge is 0.318 e. The first-order valence-corrected chi connectivity index (χ1v) is 4.27. The summed E-state index contributed by atoms with van der Waals surface area (Å²) in [6, 6.07) is 0. The molecule has 0 saturated heterocycles. The molecule has 11 heavy (non-hydrogen) atoms. The van der Waals surface area contributed by atoms with Crippen molar-refractivity contribution in [3.05, 3.63) is 0 Å². The molecule has 0 bridgehead atoms. The van der Waals surface area contributed by atoms with Gasteiger partial charge in [-0.3, -0.25) is 4.90 Å². The van der Waals surface area contributed by atoms with Crippen molar-refractivity contribution in [3.63, 3.8) is 0 Å². The van der Waals surface area contributed by atoms with Crippen molar-refractivity contribution >= 4 is 0 Å². The van der Waals surface area contributed by atoms with Crippen LogP contribution in [0.15, 0.2) is 0 Å². The van der Waals surface area contributed by atoms with Gasteiger partial charge in [0.25, 0.3) is 0 Å². The Morgan fingerprint density at radius 1 is 1.45 bits per heavy atom. The monoisotopic (exact) mass is 159 g/mol. The van der Waals surface area contributed by atoms with Gasteiger partial charge in [-0.15, -0.1) is 0 Å². The number of nitrogens with two attached hydrogens (primary N) is 1. The summed E-state index contributed by atoms with van der Waals surface area (Å²) in [5.74, 6) is 0.704. The van der Waals surface area contributed by atoms with Gasteiger partial charge < -0.3 is 11.1 Å². The molecule has 0 aromatic heterocycles. The second kappa shape index (κ2) is 6.58. The lowest BCUT2D eigenvalue weighted by Gasteiger charge is -2.21. The zero-order valence-corrected chi connectivity index (χ0v) is 7.93. The third-order valence-corrected chi connectivity index (χ3v) is 1.56. The maximum Gasteiger partial charge on any atom is 0.0455 e. The molecule has 0 aromatic rings. The Morgan fingerprint density at radius 2 is 2.09 bits per heavy atom. The van der Waals surface area contributed by atoms with E-state index in [0.29, 0.717) is 12.6 Å². The van der Waals surface area contributed by atoms with Crippen molar-refractivity contribution in [2.45, 2.75) is 13.8 Å². The molecule has 0 unspecified atom stereocenters. The van der Waals surface area contributed by atoms with Crippen LogP contribution in [0.5, 0.6) is 0 Å². The van der Waals surface area contributed by atoms with Crippen LogP contribution in [0.3, 0.4) is 0 Å². The number of hydrogen-bond acceptors (Lipinski definition) is 3. The van der Waals surface area contributed by atoms with Crippen molar-refractivity contribution in [2.75, 3.05) is 33.4 Å². The summed E-state index contributed by atoms with van der Waals surface area (Å²) >= 11 is 0. The first kappa shape index (κ1) is 10.9. The standard InChI is InChI=1S/C8H21N3/c1-8(2)6-11(7-9)5-4-10-3/h8,10H,4-7,9H2,1-3H3. The zero-order chi connectivity index (χ0) is 8.69. The first-order chi connectivity index (χ1) is 5.20. The van der Waals surface area contributed by atoms with Gasteiger partial charge in [-0.2, -0.15) is 0 Å². The summed E-state index contributed by atoms with van der Waals surface area (Å²) in [6.45, 7) is 8.25. The summed E-state index contributed by atoms with van der Waals surface area (Å²) in [6.07, 6.45) is 0. The predicted molar refractivity (Wildman–Crippen MR) is 49.4 cm³/mol. The van der Waals surface area contributed by atoms with Gasteiger partial charge in [-0.1, -0.05) is 13.8 Å². The number of nitrogens with zero attached hydrogens (tertiary/aromatic N) is 1. The Hall–Kier alpha value is -0.120. The lowest BCUT2D eigenvalue weighted by Crippen LogP contribution is -2.37. The summed E-state index contributed by atoms with van der Waals surface area (Å²) in [5, 5.41) is 3.11. The van der Waals surface area contributed by atoms with Crippen LogP contribution in [0.1, 0.15) is 13.8 Å². The number of likely N-dealkylation sites (N-methyl/N-ethyl adjacent to an activating group) is 1.